The number of fused-ring (bicyclic) bond motifs is 1. The van der Waals surface area contributed by atoms with E-state index in [1.54, 1.807) is 24.9 Å². The largest absolute Gasteiger partial charge is 0.486 e. The second-order valence-electron chi connectivity index (χ2n) is 4.53. The van der Waals surface area contributed by atoms with Gasteiger partial charge in [0, 0.05) is 6.54 Å². The summed E-state index contributed by atoms with van der Waals surface area (Å²) in [7, 11) is 1.75. The third-order valence-corrected chi connectivity index (χ3v) is 3.39. The normalized spacial score (nSPS) is 15.4. The topological polar surface area (TPSA) is 59.0 Å². The third-order valence-electron chi connectivity index (χ3n) is 3.11. The SMILES string of the molecule is CC(C(=O)O)N(C)Cc1cc(Cl)c2c(c1)OCCO2. The number of carboxylic acids is 1. The number of halogens is 1. The van der Waals surface area contributed by atoms with Crippen molar-refractivity contribution in [2.24, 2.45) is 0 Å². The first kappa shape index (κ1) is 14.0. The maximum Gasteiger partial charge on any atom is 0.320 e. The lowest BCUT2D eigenvalue weighted by atomic mass is 10.1. The summed E-state index contributed by atoms with van der Waals surface area (Å²) in [4.78, 5) is 12.6. The zero-order valence-electron chi connectivity index (χ0n) is 10.9. The van der Waals surface area contributed by atoms with Crippen LogP contribution in [-0.4, -0.2) is 42.3 Å². The monoisotopic (exact) mass is 285 g/mol. The molecule has 0 aromatic heterocycles. The van der Waals surface area contributed by atoms with Crippen LogP contribution < -0.4 is 9.47 Å². The number of aliphatic carboxylic acids is 1. The second kappa shape index (κ2) is 5.67. The average Bonchev–Trinajstić information content (AvgIpc) is 2.37. The van der Waals surface area contributed by atoms with Gasteiger partial charge in [0.15, 0.2) is 11.5 Å². The van der Waals surface area contributed by atoms with Gasteiger partial charge in [-0.3, -0.25) is 9.69 Å². The van der Waals surface area contributed by atoms with E-state index in [0.717, 1.165) is 5.56 Å². The Bertz CT molecular complexity index is 492. The number of benzene rings is 1. The zero-order valence-corrected chi connectivity index (χ0v) is 11.6. The molecule has 6 heteroatoms. The molecule has 19 heavy (non-hydrogen) atoms. The summed E-state index contributed by atoms with van der Waals surface area (Å²) in [6, 6.07) is 3.05. The fourth-order valence-electron chi connectivity index (χ4n) is 1.87. The predicted molar refractivity (Wildman–Crippen MR) is 71.0 cm³/mol. The lowest BCUT2D eigenvalue weighted by Crippen LogP contribution is -2.35. The van der Waals surface area contributed by atoms with Gasteiger partial charge in [-0.05, 0) is 31.7 Å². The number of hydrogen-bond acceptors (Lipinski definition) is 4. The molecule has 0 spiro atoms. The standard InChI is InChI=1S/C13H16ClNO4/c1-8(13(16)17)15(2)7-9-5-10(14)12-11(6-9)18-3-4-19-12/h5-6,8H,3-4,7H2,1-2H3,(H,16,17). The Hall–Kier alpha value is -1.46. The van der Waals surface area contributed by atoms with Crippen LogP contribution in [-0.2, 0) is 11.3 Å². The number of ether oxygens (including phenoxy) is 2. The van der Waals surface area contributed by atoms with E-state index in [4.69, 9.17) is 26.2 Å². The van der Waals surface area contributed by atoms with Gasteiger partial charge in [0.25, 0.3) is 0 Å². The van der Waals surface area contributed by atoms with Crippen molar-refractivity contribution >= 4 is 17.6 Å². The van der Waals surface area contributed by atoms with Crippen molar-refractivity contribution in [3.8, 4) is 11.5 Å². The smallest absolute Gasteiger partial charge is 0.320 e. The minimum absolute atomic E-state index is 0.476. The predicted octanol–water partition coefficient (Wildman–Crippen LogP) is 2.02. The molecule has 0 fully saturated rings. The highest BCUT2D eigenvalue weighted by molar-refractivity contribution is 6.32. The number of likely N-dealkylation sites (N-methyl/N-ethyl adjacent to an activating group) is 1. The van der Waals surface area contributed by atoms with Crippen LogP contribution in [0.5, 0.6) is 11.5 Å². The van der Waals surface area contributed by atoms with Crippen LogP contribution in [0.25, 0.3) is 0 Å². The van der Waals surface area contributed by atoms with Crippen LogP contribution in [0.2, 0.25) is 5.02 Å². The summed E-state index contributed by atoms with van der Waals surface area (Å²) in [6.45, 7) is 3.10. The molecule has 1 aliphatic heterocycles. The first-order valence-corrected chi connectivity index (χ1v) is 6.38. The van der Waals surface area contributed by atoms with Crippen molar-refractivity contribution in [1.82, 2.24) is 4.90 Å². The fraction of sp³-hybridized carbons (Fsp3) is 0.462. The Labute approximate surface area is 116 Å². The molecule has 1 N–H and O–H groups in total. The van der Waals surface area contributed by atoms with E-state index in [0.29, 0.717) is 36.3 Å². The van der Waals surface area contributed by atoms with Crippen LogP contribution in [0.4, 0.5) is 0 Å². The van der Waals surface area contributed by atoms with Gasteiger partial charge in [0.1, 0.15) is 19.3 Å². The number of hydrogen-bond donors (Lipinski definition) is 1. The number of carbonyl (C=O) groups is 1. The van der Waals surface area contributed by atoms with Crippen molar-refractivity contribution in [2.45, 2.75) is 19.5 Å². The van der Waals surface area contributed by atoms with Crippen LogP contribution in [0.1, 0.15) is 12.5 Å². The molecule has 1 unspecified atom stereocenters. The lowest BCUT2D eigenvalue weighted by Gasteiger charge is -2.24. The van der Waals surface area contributed by atoms with E-state index in [1.165, 1.54) is 0 Å². The van der Waals surface area contributed by atoms with Gasteiger partial charge in [-0.1, -0.05) is 11.6 Å². The average molecular weight is 286 g/mol. The molecule has 0 saturated heterocycles. The Morgan fingerprint density at radius 1 is 1.47 bits per heavy atom. The van der Waals surface area contributed by atoms with Gasteiger partial charge in [-0.2, -0.15) is 0 Å². The highest BCUT2D eigenvalue weighted by Gasteiger charge is 2.20. The quantitative estimate of drug-likeness (QED) is 0.917. The van der Waals surface area contributed by atoms with Crippen molar-refractivity contribution in [1.29, 1.82) is 0 Å². The summed E-state index contributed by atoms with van der Waals surface area (Å²) in [5.41, 5.74) is 0.893. The zero-order chi connectivity index (χ0) is 14.0. The number of nitrogens with zero attached hydrogens (tertiary/aromatic N) is 1. The molecular weight excluding hydrogens is 270 g/mol. The molecule has 1 aliphatic rings. The van der Waals surface area contributed by atoms with Crippen molar-refractivity contribution in [2.75, 3.05) is 20.3 Å². The van der Waals surface area contributed by atoms with Gasteiger partial charge in [-0.25, -0.2) is 0 Å². The Kier molecular flexibility index (Phi) is 4.17. The van der Waals surface area contributed by atoms with Crippen LogP contribution in [0.15, 0.2) is 12.1 Å². The summed E-state index contributed by atoms with van der Waals surface area (Å²) in [5, 5.41) is 9.45. The van der Waals surface area contributed by atoms with E-state index in [-0.39, 0.29) is 0 Å². The van der Waals surface area contributed by atoms with Crippen LogP contribution in [0, 0.1) is 0 Å². The Morgan fingerprint density at radius 3 is 2.84 bits per heavy atom. The van der Waals surface area contributed by atoms with E-state index in [9.17, 15) is 4.79 Å². The highest BCUT2D eigenvalue weighted by Crippen LogP contribution is 2.38. The highest BCUT2D eigenvalue weighted by atomic mass is 35.5. The molecule has 104 valence electrons. The third kappa shape index (κ3) is 3.11. The lowest BCUT2D eigenvalue weighted by molar-refractivity contribution is -0.142. The number of carboxylic acid groups (broad SMARTS) is 1. The number of rotatable bonds is 4. The summed E-state index contributed by atoms with van der Waals surface area (Å²) in [5.74, 6) is 0.321. The second-order valence-corrected chi connectivity index (χ2v) is 4.94. The van der Waals surface area contributed by atoms with Crippen molar-refractivity contribution in [3.05, 3.63) is 22.7 Å². The first-order chi connectivity index (χ1) is 8.99. The van der Waals surface area contributed by atoms with Gasteiger partial charge in [0.05, 0.1) is 5.02 Å². The summed E-state index contributed by atoms with van der Waals surface area (Å²) in [6.07, 6.45) is 0. The molecule has 1 heterocycles. The molecule has 5 nitrogen and oxygen atoms in total. The van der Waals surface area contributed by atoms with Gasteiger partial charge < -0.3 is 14.6 Å². The van der Waals surface area contributed by atoms with Crippen molar-refractivity contribution in [3.63, 3.8) is 0 Å². The molecule has 1 atom stereocenters. The van der Waals surface area contributed by atoms with Gasteiger partial charge >= 0.3 is 5.97 Å². The van der Waals surface area contributed by atoms with Crippen LogP contribution in [0.3, 0.4) is 0 Å². The molecule has 0 aliphatic carbocycles. The molecule has 0 bridgehead atoms. The van der Waals surface area contributed by atoms with Gasteiger partial charge in [0.2, 0.25) is 0 Å². The molecule has 0 radical (unpaired) electrons. The molecule has 0 saturated carbocycles. The molecule has 1 aromatic rings. The maximum absolute atomic E-state index is 10.9. The summed E-state index contributed by atoms with van der Waals surface area (Å²) >= 11 is 6.13. The maximum atomic E-state index is 10.9. The Balaban J connectivity index is 2.17. The Morgan fingerprint density at radius 2 is 2.16 bits per heavy atom. The minimum Gasteiger partial charge on any atom is -0.486 e. The first-order valence-electron chi connectivity index (χ1n) is 6.00. The molecule has 0 amide bonds. The van der Waals surface area contributed by atoms with Crippen LogP contribution >= 0.6 is 11.6 Å². The molecule has 2 rings (SSSR count). The fourth-order valence-corrected chi connectivity index (χ4v) is 2.16. The van der Waals surface area contributed by atoms with E-state index < -0.39 is 12.0 Å². The van der Waals surface area contributed by atoms with Gasteiger partial charge in [-0.15, -0.1) is 0 Å². The van der Waals surface area contributed by atoms with E-state index in [2.05, 4.69) is 0 Å². The minimum atomic E-state index is -0.855. The molecule has 1 aromatic carbocycles. The molecular formula is C13H16ClNO4. The summed E-state index contributed by atoms with van der Waals surface area (Å²) < 4.78 is 10.9. The van der Waals surface area contributed by atoms with Crippen molar-refractivity contribution < 1.29 is 19.4 Å². The van der Waals surface area contributed by atoms with E-state index in [1.807, 2.05) is 6.07 Å². The van der Waals surface area contributed by atoms with E-state index >= 15 is 0 Å².